The Hall–Kier alpha value is -1.49. The van der Waals surface area contributed by atoms with Crippen LogP contribution < -0.4 is 0 Å². The smallest absolute Gasteiger partial charge is 0.225 e. The van der Waals surface area contributed by atoms with E-state index < -0.39 is 0 Å². The molecule has 0 unspecified atom stereocenters. The molecule has 154 valence electrons. The monoisotopic (exact) mass is 384 g/mol. The van der Waals surface area contributed by atoms with Crippen LogP contribution >= 0.6 is 0 Å². The number of nitrogens with zero attached hydrogens (tertiary/aromatic N) is 4. The van der Waals surface area contributed by atoms with Crippen LogP contribution in [0, 0.1) is 17.3 Å². The summed E-state index contributed by atoms with van der Waals surface area (Å²) >= 11 is 0. The molecule has 1 aromatic heterocycles. The largest absolute Gasteiger partial charge is 0.341 e. The van der Waals surface area contributed by atoms with Crippen molar-refractivity contribution in [3.05, 3.63) is 23.8 Å². The SMILES string of the molecule is CC(C)C(=O)N1CC2(CC(CN3CCC(c4cnc(C(C)C)nc4)CC3)C2)C1. The normalized spacial score (nSPS) is 23.3. The molecule has 1 amide bonds. The zero-order chi connectivity index (χ0) is 19.9. The first-order valence-electron chi connectivity index (χ1n) is 11.2. The zero-order valence-electron chi connectivity index (χ0n) is 18.0. The van der Waals surface area contributed by atoms with Gasteiger partial charge in [-0.25, -0.2) is 9.97 Å². The zero-order valence-corrected chi connectivity index (χ0v) is 18.0. The average molecular weight is 385 g/mol. The molecule has 1 spiro atoms. The fourth-order valence-electron chi connectivity index (χ4n) is 5.51. The standard InChI is InChI=1S/C23H36N4O/c1-16(2)21-24-11-20(12-25-21)19-5-7-26(8-6-19)13-18-9-23(10-18)14-27(15-23)22(28)17(3)4/h11-12,16-19H,5-10,13-15H2,1-4H3. The molecular formula is C23H36N4O. The number of likely N-dealkylation sites (tertiary alicyclic amines) is 2. The lowest BCUT2D eigenvalue weighted by atomic mass is 9.57. The minimum absolute atomic E-state index is 0.140. The van der Waals surface area contributed by atoms with Gasteiger partial charge in [0.05, 0.1) is 0 Å². The highest BCUT2D eigenvalue weighted by atomic mass is 16.2. The van der Waals surface area contributed by atoms with E-state index in [4.69, 9.17) is 0 Å². The van der Waals surface area contributed by atoms with Gasteiger partial charge in [0, 0.05) is 49.3 Å². The molecule has 4 rings (SSSR count). The van der Waals surface area contributed by atoms with E-state index in [1.54, 1.807) is 0 Å². The van der Waals surface area contributed by atoms with Gasteiger partial charge >= 0.3 is 0 Å². The van der Waals surface area contributed by atoms with E-state index in [9.17, 15) is 4.79 Å². The van der Waals surface area contributed by atoms with Gasteiger partial charge in [0.25, 0.3) is 0 Å². The topological polar surface area (TPSA) is 49.3 Å². The van der Waals surface area contributed by atoms with Crippen LogP contribution in [0.5, 0.6) is 0 Å². The number of aromatic nitrogens is 2. The Kier molecular flexibility index (Phi) is 5.47. The Labute approximate surface area is 169 Å². The summed E-state index contributed by atoms with van der Waals surface area (Å²) in [6.07, 6.45) is 9.19. The summed E-state index contributed by atoms with van der Waals surface area (Å²) in [5.74, 6) is 3.27. The molecule has 5 nitrogen and oxygen atoms in total. The molecule has 0 N–H and O–H groups in total. The second-order valence-corrected chi connectivity index (χ2v) is 10.2. The number of amides is 1. The summed E-state index contributed by atoms with van der Waals surface area (Å²) in [6, 6.07) is 0. The van der Waals surface area contributed by atoms with Crippen LogP contribution in [0.1, 0.15) is 76.6 Å². The lowest BCUT2D eigenvalue weighted by Crippen LogP contribution is -2.65. The second-order valence-electron chi connectivity index (χ2n) is 10.2. The molecular weight excluding hydrogens is 348 g/mol. The molecule has 3 heterocycles. The summed E-state index contributed by atoms with van der Waals surface area (Å²) in [5.41, 5.74) is 1.79. The van der Waals surface area contributed by atoms with Gasteiger partial charge in [-0.3, -0.25) is 4.79 Å². The number of piperidine rings is 1. The molecule has 2 aliphatic heterocycles. The number of carbonyl (C=O) groups is 1. The van der Waals surface area contributed by atoms with E-state index in [-0.39, 0.29) is 5.92 Å². The van der Waals surface area contributed by atoms with Gasteiger partial charge in [-0.15, -0.1) is 0 Å². The van der Waals surface area contributed by atoms with Crippen LogP contribution in [0.25, 0.3) is 0 Å². The maximum atomic E-state index is 12.1. The predicted octanol–water partition coefficient (Wildman–Crippen LogP) is 3.67. The Bertz CT molecular complexity index is 677. The Morgan fingerprint density at radius 2 is 1.71 bits per heavy atom. The molecule has 1 saturated carbocycles. The summed E-state index contributed by atoms with van der Waals surface area (Å²) in [4.78, 5) is 25.9. The van der Waals surface area contributed by atoms with Crippen molar-refractivity contribution in [2.24, 2.45) is 17.3 Å². The third-order valence-electron chi connectivity index (χ3n) is 7.09. The second kappa shape index (κ2) is 7.74. The van der Waals surface area contributed by atoms with Crippen molar-refractivity contribution >= 4 is 5.91 Å². The van der Waals surface area contributed by atoms with Crippen molar-refractivity contribution in [2.75, 3.05) is 32.7 Å². The predicted molar refractivity (Wildman–Crippen MR) is 111 cm³/mol. The van der Waals surface area contributed by atoms with Crippen molar-refractivity contribution in [3.63, 3.8) is 0 Å². The summed E-state index contributed by atoms with van der Waals surface area (Å²) < 4.78 is 0. The molecule has 1 aliphatic carbocycles. The van der Waals surface area contributed by atoms with E-state index in [0.717, 1.165) is 24.8 Å². The summed E-state index contributed by atoms with van der Waals surface area (Å²) in [6.45, 7) is 13.9. The van der Waals surface area contributed by atoms with E-state index in [2.05, 4.69) is 46.0 Å². The van der Waals surface area contributed by atoms with Gasteiger partial charge in [-0.05, 0) is 56.2 Å². The number of carbonyl (C=O) groups excluding carboxylic acids is 1. The van der Waals surface area contributed by atoms with E-state index in [1.165, 1.54) is 50.9 Å². The molecule has 0 aromatic carbocycles. The minimum Gasteiger partial charge on any atom is -0.341 e. The highest BCUT2D eigenvalue weighted by molar-refractivity contribution is 5.79. The first kappa shape index (κ1) is 19.8. The Morgan fingerprint density at radius 3 is 2.25 bits per heavy atom. The van der Waals surface area contributed by atoms with Crippen molar-refractivity contribution in [2.45, 2.75) is 65.2 Å². The number of rotatable bonds is 5. The molecule has 1 aromatic rings. The quantitative estimate of drug-likeness (QED) is 0.777. The highest BCUT2D eigenvalue weighted by Gasteiger charge is 2.53. The van der Waals surface area contributed by atoms with Crippen LogP contribution in [0.15, 0.2) is 12.4 Å². The number of hydrogen-bond donors (Lipinski definition) is 0. The maximum Gasteiger partial charge on any atom is 0.225 e. The van der Waals surface area contributed by atoms with Crippen LogP contribution in [0.3, 0.4) is 0 Å². The van der Waals surface area contributed by atoms with Crippen LogP contribution in [-0.4, -0.2) is 58.4 Å². The lowest BCUT2D eigenvalue weighted by Gasteiger charge is -2.60. The molecule has 0 radical (unpaired) electrons. The van der Waals surface area contributed by atoms with Crippen molar-refractivity contribution < 1.29 is 4.79 Å². The van der Waals surface area contributed by atoms with Crippen molar-refractivity contribution in [1.29, 1.82) is 0 Å². The van der Waals surface area contributed by atoms with Gasteiger partial charge in [-0.1, -0.05) is 27.7 Å². The first-order chi connectivity index (χ1) is 13.3. The first-order valence-corrected chi connectivity index (χ1v) is 11.2. The van der Waals surface area contributed by atoms with Crippen molar-refractivity contribution in [3.8, 4) is 0 Å². The summed E-state index contributed by atoms with van der Waals surface area (Å²) in [5, 5.41) is 0. The highest BCUT2D eigenvalue weighted by Crippen LogP contribution is 2.52. The third-order valence-corrected chi connectivity index (χ3v) is 7.09. The van der Waals surface area contributed by atoms with Gasteiger partial charge in [0.1, 0.15) is 5.82 Å². The Balaban J connectivity index is 1.18. The van der Waals surface area contributed by atoms with E-state index >= 15 is 0 Å². The van der Waals surface area contributed by atoms with Crippen LogP contribution in [0.4, 0.5) is 0 Å². The van der Waals surface area contributed by atoms with Crippen LogP contribution in [0.2, 0.25) is 0 Å². The van der Waals surface area contributed by atoms with Crippen LogP contribution in [-0.2, 0) is 4.79 Å². The third kappa shape index (κ3) is 3.96. The van der Waals surface area contributed by atoms with Crippen molar-refractivity contribution in [1.82, 2.24) is 19.8 Å². The van der Waals surface area contributed by atoms with Gasteiger partial charge in [0.15, 0.2) is 0 Å². The molecule has 5 heteroatoms. The average Bonchev–Trinajstić information content (AvgIpc) is 2.62. The fraction of sp³-hybridized carbons (Fsp3) is 0.783. The molecule has 0 bridgehead atoms. The van der Waals surface area contributed by atoms with Gasteiger partial charge in [0.2, 0.25) is 5.91 Å². The van der Waals surface area contributed by atoms with Gasteiger partial charge < -0.3 is 9.80 Å². The minimum atomic E-state index is 0.140. The Morgan fingerprint density at radius 1 is 1.11 bits per heavy atom. The molecule has 0 atom stereocenters. The maximum absolute atomic E-state index is 12.1. The number of hydrogen-bond acceptors (Lipinski definition) is 4. The summed E-state index contributed by atoms with van der Waals surface area (Å²) in [7, 11) is 0. The van der Waals surface area contributed by atoms with E-state index in [1.807, 2.05) is 13.8 Å². The molecule has 28 heavy (non-hydrogen) atoms. The molecule has 2 saturated heterocycles. The van der Waals surface area contributed by atoms with E-state index in [0.29, 0.717) is 23.2 Å². The lowest BCUT2D eigenvalue weighted by molar-refractivity contribution is -0.159. The molecule has 3 fully saturated rings. The molecule has 3 aliphatic rings. The fourth-order valence-corrected chi connectivity index (χ4v) is 5.51. The van der Waals surface area contributed by atoms with Gasteiger partial charge in [-0.2, -0.15) is 0 Å².